The minimum atomic E-state index is -0.141. The van der Waals surface area contributed by atoms with Crippen molar-refractivity contribution in [2.75, 3.05) is 4.90 Å². The van der Waals surface area contributed by atoms with Crippen molar-refractivity contribution >= 4 is 17.1 Å². The van der Waals surface area contributed by atoms with E-state index < -0.39 is 0 Å². The Morgan fingerprint density at radius 1 is 0.491 bits per heavy atom. The van der Waals surface area contributed by atoms with E-state index in [0.717, 1.165) is 17.8 Å². The van der Waals surface area contributed by atoms with Crippen LogP contribution in [0, 0.1) is 11.8 Å². The van der Waals surface area contributed by atoms with Gasteiger partial charge in [0.2, 0.25) is 0 Å². The van der Waals surface area contributed by atoms with Crippen molar-refractivity contribution in [3.8, 4) is 33.4 Å². The first-order chi connectivity index (χ1) is 26.0. The number of anilines is 3. The number of fused-ring (bicyclic) bond motifs is 5. The van der Waals surface area contributed by atoms with Crippen LogP contribution in [0.3, 0.4) is 0 Å². The molecule has 0 amide bonds. The van der Waals surface area contributed by atoms with E-state index in [2.05, 4.69) is 158 Å². The summed E-state index contributed by atoms with van der Waals surface area (Å²) in [5, 5.41) is 0. The number of benzene rings is 6. The van der Waals surface area contributed by atoms with Gasteiger partial charge < -0.3 is 4.90 Å². The molecule has 0 saturated heterocycles. The van der Waals surface area contributed by atoms with Gasteiger partial charge in [-0.15, -0.1) is 0 Å². The second-order valence-corrected chi connectivity index (χ2v) is 17.2. The van der Waals surface area contributed by atoms with E-state index in [1.807, 2.05) is 0 Å². The van der Waals surface area contributed by atoms with Gasteiger partial charge in [-0.25, -0.2) is 0 Å². The summed E-state index contributed by atoms with van der Waals surface area (Å²) in [5.41, 5.74) is 17.2. The van der Waals surface area contributed by atoms with E-state index in [0.29, 0.717) is 5.92 Å². The molecule has 4 aliphatic carbocycles. The van der Waals surface area contributed by atoms with Crippen LogP contribution in [0.1, 0.15) is 106 Å². The van der Waals surface area contributed by atoms with Crippen LogP contribution in [-0.2, 0) is 5.41 Å². The summed E-state index contributed by atoms with van der Waals surface area (Å²) < 4.78 is 0. The molecule has 3 atom stereocenters. The SMILES string of the molecule is CC1(C)c2cc(N(c3ccc(-c4ccc(C5CC6CCC5C6)cc4)cc3)c3ccc(C4CCCCC4)cc3)ccc2-c2cccc(-c3ccccc3)c21. The molecule has 6 aromatic carbocycles. The maximum atomic E-state index is 2.48. The fraction of sp³-hybridized carbons (Fsp3) is 0.308. The molecule has 6 aromatic rings. The molecule has 0 spiro atoms. The average molecular weight is 690 g/mol. The quantitative estimate of drug-likeness (QED) is 0.161. The van der Waals surface area contributed by atoms with Crippen molar-refractivity contribution in [3.05, 3.63) is 162 Å². The molecule has 2 bridgehead atoms. The third kappa shape index (κ3) is 5.75. The highest BCUT2D eigenvalue weighted by Crippen LogP contribution is 2.55. The van der Waals surface area contributed by atoms with Crippen molar-refractivity contribution in [1.29, 1.82) is 0 Å². The molecule has 264 valence electrons. The Hall–Kier alpha value is -4.88. The van der Waals surface area contributed by atoms with Gasteiger partial charge in [-0.3, -0.25) is 0 Å². The third-order valence-electron chi connectivity index (χ3n) is 13.8. The normalized spacial score (nSPS) is 21.4. The van der Waals surface area contributed by atoms with Gasteiger partial charge in [0.1, 0.15) is 0 Å². The summed E-state index contributed by atoms with van der Waals surface area (Å²) >= 11 is 0. The molecule has 0 heterocycles. The lowest BCUT2D eigenvalue weighted by atomic mass is 9.78. The molecule has 0 aromatic heterocycles. The highest BCUT2D eigenvalue weighted by molar-refractivity contribution is 5.90. The number of rotatable bonds is 7. The summed E-state index contributed by atoms with van der Waals surface area (Å²) in [4.78, 5) is 2.48. The van der Waals surface area contributed by atoms with Crippen LogP contribution in [-0.4, -0.2) is 0 Å². The van der Waals surface area contributed by atoms with Gasteiger partial charge >= 0.3 is 0 Å². The molecule has 3 fully saturated rings. The maximum absolute atomic E-state index is 2.48. The summed E-state index contributed by atoms with van der Waals surface area (Å²) in [5.74, 6) is 3.36. The van der Waals surface area contributed by atoms with Gasteiger partial charge in [-0.1, -0.05) is 143 Å². The molecule has 0 aliphatic heterocycles. The smallest absolute Gasteiger partial charge is 0.0465 e. The van der Waals surface area contributed by atoms with E-state index in [-0.39, 0.29) is 5.41 Å². The number of nitrogens with zero attached hydrogens (tertiary/aromatic N) is 1. The molecule has 3 unspecified atom stereocenters. The van der Waals surface area contributed by atoms with Crippen LogP contribution in [0.5, 0.6) is 0 Å². The van der Waals surface area contributed by atoms with Crippen LogP contribution >= 0.6 is 0 Å². The lowest BCUT2D eigenvalue weighted by Gasteiger charge is -2.29. The molecule has 53 heavy (non-hydrogen) atoms. The molecular weight excluding hydrogens is 639 g/mol. The van der Waals surface area contributed by atoms with E-state index in [4.69, 9.17) is 0 Å². The maximum Gasteiger partial charge on any atom is 0.0465 e. The molecular formula is C52H51N. The van der Waals surface area contributed by atoms with Crippen molar-refractivity contribution in [1.82, 2.24) is 0 Å². The van der Waals surface area contributed by atoms with Crippen molar-refractivity contribution < 1.29 is 0 Å². The van der Waals surface area contributed by atoms with Crippen LogP contribution in [0.15, 0.2) is 140 Å². The van der Waals surface area contributed by atoms with Gasteiger partial charge in [0.25, 0.3) is 0 Å². The lowest BCUT2D eigenvalue weighted by molar-refractivity contribution is 0.420. The standard InChI is InChI=1S/C52H51N/c1-52(2)50-34-45(30-31-47(50)48-15-9-14-46(51(48)52)40-12-7-4-8-13-40)53(43-26-22-38(23-27-43)36-10-5-3-6-11-36)44-28-24-39(25-29-44)37-18-20-41(21-19-37)49-33-35-16-17-42(49)32-35/h4,7-9,12-15,18-31,34-36,42,49H,3,5-6,10-11,16-17,32-33H2,1-2H3. The van der Waals surface area contributed by atoms with Gasteiger partial charge in [-0.05, 0) is 148 Å². The summed E-state index contributed by atoms with van der Waals surface area (Å²) in [6, 6.07) is 53.4. The predicted octanol–water partition coefficient (Wildman–Crippen LogP) is 14.7. The molecule has 10 rings (SSSR count). The van der Waals surface area contributed by atoms with Gasteiger partial charge in [0.15, 0.2) is 0 Å². The Labute approximate surface area is 316 Å². The molecule has 1 nitrogen and oxygen atoms in total. The predicted molar refractivity (Wildman–Crippen MR) is 224 cm³/mol. The van der Waals surface area contributed by atoms with Gasteiger partial charge in [-0.2, -0.15) is 0 Å². The molecule has 3 saturated carbocycles. The average Bonchev–Trinajstić information content (AvgIpc) is 3.92. The first-order valence-electron chi connectivity index (χ1n) is 20.5. The minimum absolute atomic E-state index is 0.141. The van der Waals surface area contributed by atoms with E-state index >= 15 is 0 Å². The van der Waals surface area contributed by atoms with Crippen molar-refractivity contribution in [2.45, 2.75) is 88.9 Å². The van der Waals surface area contributed by atoms with Crippen LogP contribution < -0.4 is 4.90 Å². The zero-order valence-corrected chi connectivity index (χ0v) is 31.4. The Balaban J connectivity index is 1.01. The zero-order valence-electron chi connectivity index (χ0n) is 31.4. The monoisotopic (exact) mass is 689 g/mol. The van der Waals surface area contributed by atoms with Crippen LogP contribution in [0.25, 0.3) is 33.4 Å². The largest absolute Gasteiger partial charge is 0.310 e. The van der Waals surface area contributed by atoms with E-state index in [1.165, 1.54) is 125 Å². The highest BCUT2D eigenvalue weighted by Gasteiger charge is 2.40. The fourth-order valence-electron chi connectivity index (χ4n) is 11.0. The molecule has 4 aliphatic rings. The number of hydrogen-bond donors (Lipinski definition) is 0. The fourth-order valence-corrected chi connectivity index (χ4v) is 11.0. The Morgan fingerprint density at radius 2 is 1.13 bits per heavy atom. The lowest BCUT2D eigenvalue weighted by Crippen LogP contribution is -2.17. The second-order valence-electron chi connectivity index (χ2n) is 17.2. The number of hydrogen-bond acceptors (Lipinski definition) is 1. The first-order valence-corrected chi connectivity index (χ1v) is 20.5. The third-order valence-corrected chi connectivity index (χ3v) is 13.8. The van der Waals surface area contributed by atoms with Crippen LogP contribution in [0.4, 0.5) is 17.1 Å². The molecule has 0 radical (unpaired) electrons. The summed E-state index contributed by atoms with van der Waals surface area (Å²) in [6.45, 7) is 4.82. The van der Waals surface area contributed by atoms with E-state index in [1.54, 1.807) is 5.56 Å². The Bertz CT molecular complexity index is 2240. The first kappa shape index (κ1) is 32.7. The van der Waals surface area contributed by atoms with Crippen molar-refractivity contribution in [3.63, 3.8) is 0 Å². The van der Waals surface area contributed by atoms with E-state index in [9.17, 15) is 0 Å². The Kier molecular flexibility index (Phi) is 8.16. The molecule has 0 N–H and O–H groups in total. The molecule has 1 heteroatoms. The summed E-state index contributed by atoms with van der Waals surface area (Å²) in [6.07, 6.45) is 12.5. The minimum Gasteiger partial charge on any atom is -0.310 e. The van der Waals surface area contributed by atoms with Gasteiger partial charge in [0, 0.05) is 22.5 Å². The highest BCUT2D eigenvalue weighted by atomic mass is 15.1. The van der Waals surface area contributed by atoms with Crippen molar-refractivity contribution in [2.24, 2.45) is 11.8 Å². The topological polar surface area (TPSA) is 3.24 Å². The van der Waals surface area contributed by atoms with Crippen LogP contribution in [0.2, 0.25) is 0 Å². The summed E-state index contributed by atoms with van der Waals surface area (Å²) in [7, 11) is 0. The Morgan fingerprint density at radius 3 is 1.81 bits per heavy atom. The zero-order chi connectivity index (χ0) is 35.5. The second kappa shape index (κ2) is 13.2. The van der Waals surface area contributed by atoms with Gasteiger partial charge in [0.05, 0.1) is 0 Å².